The molecule has 0 aliphatic rings. The van der Waals surface area contributed by atoms with Crippen LogP contribution in [0, 0.1) is 6.92 Å². The summed E-state index contributed by atoms with van der Waals surface area (Å²) in [5.74, 6) is 0.167. The third kappa shape index (κ3) is 2.78. The first-order valence-corrected chi connectivity index (χ1v) is 6.36. The first kappa shape index (κ1) is 13.0. The lowest BCUT2D eigenvalue weighted by Gasteiger charge is -2.03. The van der Waals surface area contributed by atoms with E-state index >= 15 is 0 Å². The lowest BCUT2D eigenvalue weighted by Crippen LogP contribution is -2.15. The molecule has 2 heterocycles. The lowest BCUT2D eigenvalue weighted by atomic mass is 10.2. The molecule has 0 aliphatic heterocycles. The molecular formula is C13H13N7O. The number of para-hydroxylation sites is 1. The maximum Gasteiger partial charge on any atom is 0.231 e. The smallest absolute Gasteiger partial charge is 0.231 e. The molecule has 3 rings (SSSR count). The molecular weight excluding hydrogens is 270 g/mol. The van der Waals surface area contributed by atoms with Crippen molar-refractivity contribution in [2.75, 3.05) is 5.32 Å². The molecule has 0 atom stereocenters. The molecule has 8 heteroatoms. The number of rotatable bonds is 4. The molecule has 0 saturated heterocycles. The van der Waals surface area contributed by atoms with Gasteiger partial charge in [0.05, 0.1) is 29.7 Å². The van der Waals surface area contributed by atoms with E-state index in [9.17, 15) is 4.79 Å². The average molecular weight is 283 g/mol. The molecule has 0 saturated carbocycles. The van der Waals surface area contributed by atoms with Crippen LogP contribution < -0.4 is 5.32 Å². The van der Waals surface area contributed by atoms with Gasteiger partial charge in [-0.05, 0) is 19.1 Å². The Hall–Kier alpha value is -3.03. The second-order valence-corrected chi connectivity index (χ2v) is 4.45. The normalized spacial score (nSPS) is 10.5. The Morgan fingerprint density at radius 2 is 2.14 bits per heavy atom. The molecule has 0 unspecified atom stereocenters. The Kier molecular flexibility index (Phi) is 3.42. The first-order chi connectivity index (χ1) is 10.2. The fraction of sp³-hybridized carbons (Fsp3) is 0.154. The standard InChI is InChI=1S/C13H13N7O/c1-9-11(7-13(21)15-12-8-14-18-17-12)16-19-20(9)10-5-3-2-4-6-10/h2-6,8H,7H2,1H3,(H2,14,15,17,18,21). The minimum absolute atomic E-state index is 0.130. The van der Waals surface area contributed by atoms with Gasteiger partial charge in [-0.15, -0.1) is 10.2 Å². The fourth-order valence-corrected chi connectivity index (χ4v) is 1.94. The fourth-order valence-electron chi connectivity index (χ4n) is 1.94. The minimum atomic E-state index is -0.216. The first-order valence-electron chi connectivity index (χ1n) is 6.36. The number of amides is 1. The molecule has 0 spiro atoms. The predicted octanol–water partition coefficient (Wildman–Crippen LogP) is 0.875. The number of H-pyrrole nitrogens is 1. The van der Waals surface area contributed by atoms with Crippen molar-refractivity contribution >= 4 is 11.7 Å². The molecule has 0 bridgehead atoms. The molecule has 1 aromatic carbocycles. The van der Waals surface area contributed by atoms with Crippen LogP contribution in [0.1, 0.15) is 11.4 Å². The Bertz CT molecular complexity index is 733. The summed E-state index contributed by atoms with van der Waals surface area (Å²) in [5.41, 5.74) is 2.36. The van der Waals surface area contributed by atoms with E-state index < -0.39 is 0 Å². The van der Waals surface area contributed by atoms with E-state index in [2.05, 4.69) is 31.0 Å². The quantitative estimate of drug-likeness (QED) is 0.740. The highest BCUT2D eigenvalue weighted by atomic mass is 16.1. The molecule has 106 valence electrons. The van der Waals surface area contributed by atoms with E-state index in [1.165, 1.54) is 6.20 Å². The van der Waals surface area contributed by atoms with E-state index in [-0.39, 0.29) is 12.3 Å². The molecule has 2 N–H and O–H groups in total. The van der Waals surface area contributed by atoms with E-state index in [0.29, 0.717) is 11.5 Å². The number of anilines is 1. The van der Waals surface area contributed by atoms with Gasteiger partial charge < -0.3 is 5.32 Å². The summed E-state index contributed by atoms with van der Waals surface area (Å²) in [6.07, 6.45) is 1.57. The van der Waals surface area contributed by atoms with Crippen LogP contribution in [0.4, 0.5) is 5.82 Å². The highest BCUT2D eigenvalue weighted by molar-refractivity contribution is 5.91. The van der Waals surface area contributed by atoms with Gasteiger partial charge in [-0.25, -0.2) is 4.68 Å². The maximum atomic E-state index is 11.9. The zero-order chi connectivity index (χ0) is 14.7. The van der Waals surface area contributed by atoms with Gasteiger partial charge in [-0.1, -0.05) is 23.4 Å². The maximum absolute atomic E-state index is 11.9. The van der Waals surface area contributed by atoms with E-state index in [0.717, 1.165) is 11.4 Å². The van der Waals surface area contributed by atoms with Gasteiger partial charge in [0.2, 0.25) is 5.91 Å². The Morgan fingerprint density at radius 1 is 1.33 bits per heavy atom. The number of carbonyl (C=O) groups is 1. The summed E-state index contributed by atoms with van der Waals surface area (Å²) < 4.78 is 1.71. The minimum Gasteiger partial charge on any atom is -0.308 e. The second-order valence-electron chi connectivity index (χ2n) is 4.45. The van der Waals surface area contributed by atoms with Crippen molar-refractivity contribution in [2.45, 2.75) is 13.3 Å². The number of nitrogens with zero attached hydrogens (tertiary/aromatic N) is 5. The van der Waals surface area contributed by atoms with Crippen molar-refractivity contribution in [2.24, 2.45) is 0 Å². The topological polar surface area (TPSA) is 101 Å². The molecule has 0 fully saturated rings. The van der Waals surface area contributed by atoms with Crippen molar-refractivity contribution in [1.82, 2.24) is 30.4 Å². The van der Waals surface area contributed by atoms with Gasteiger partial charge >= 0.3 is 0 Å². The van der Waals surface area contributed by atoms with Gasteiger partial charge in [-0.3, -0.25) is 4.79 Å². The van der Waals surface area contributed by atoms with E-state index in [1.54, 1.807) is 4.68 Å². The highest BCUT2D eigenvalue weighted by Gasteiger charge is 2.14. The summed E-state index contributed by atoms with van der Waals surface area (Å²) in [4.78, 5) is 11.9. The Labute approximate surface area is 120 Å². The van der Waals surface area contributed by atoms with Gasteiger partial charge in [0, 0.05) is 0 Å². The molecule has 2 aromatic heterocycles. The molecule has 21 heavy (non-hydrogen) atoms. The number of hydrogen-bond donors (Lipinski definition) is 2. The van der Waals surface area contributed by atoms with Gasteiger partial charge in [0.1, 0.15) is 0 Å². The third-order valence-corrected chi connectivity index (χ3v) is 3.00. The highest BCUT2D eigenvalue weighted by Crippen LogP contribution is 2.12. The van der Waals surface area contributed by atoms with Crippen LogP contribution in [0.3, 0.4) is 0 Å². The number of hydrogen-bond acceptors (Lipinski definition) is 5. The van der Waals surface area contributed by atoms with Crippen LogP contribution in [0.15, 0.2) is 36.5 Å². The van der Waals surface area contributed by atoms with Crippen molar-refractivity contribution in [3.8, 4) is 5.69 Å². The Balaban J connectivity index is 1.75. The number of benzene rings is 1. The predicted molar refractivity (Wildman–Crippen MR) is 74.8 cm³/mol. The van der Waals surface area contributed by atoms with Gasteiger partial charge in [0.15, 0.2) is 5.82 Å². The van der Waals surface area contributed by atoms with Gasteiger partial charge in [0.25, 0.3) is 0 Å². The summed E-state index contributed by atoms with van der Waals surface area (Å²) in [5, 5.41) is 20.6. The largest absolute Gasteiger partial charge is 0.308 e. The molecule has 8 nitrogen and oxygen atoms in total. The SMILES string of the molecule is Cc1c(CC(=O)Nc2cn[nH]n2)nnn1-c1ccccc1. The number of aromatic nitrogens is 6. The summed E-state index contributed by atoms with van der Waals surface area (Å²) in [6, 6.07) is 9.64. The van der Waals surface area contributed by atoms with Crippen molar-refractivity contribution in [3.63, 3.8) is 0 Å². The Morgan fingerprint density at radius 3 is 2.86 bits per heavy atom. The number of aromatic amines is 1. The zero-order valence-electron chi connectivity index (χ0n) is 11.3. The van der Waals surface area contributed by atoms with Gasteiger partial charge in [-0.2, -0.15) is 10.3 Å². The zero-order valence-corrected chi connectivity index (χ0v) is 11.3. The average Bonchev–Trinajstić information content (AvgIpc) is 3.11. The molecule has 0 aliphatic carbocycles. The van der Waals surface area contributed by atoms with Crippen LogP contribution in [0.5, 0.6) is 0 Å². The monoisotopic (exact) mass is 283 g/mol. The number of nitrogens with one attached hydrogen (secondary N) is 2. The van der Waals surface area contributed by atoms with Crippen LogP contribution in [0.25, 0.3) is 5.69 Å². The summed E-state index contributed by atoms with van der Waals surface area (Å²) in [6.45, 7) is 1.88. The molecule has 0 radical (unpaired) electrons. The van der Waals surface area contributed by atoms with E-state index in [1.807, 2.05) is 37.3 Å². The van der Waals surface area contributed by atoms with Crippen LogP contribution in [-0.2, 0) is 11.2 Å². The summed E-state index contributed by atoms with van der Waals surface area (Å²) >= 11 is 0. The second kappa shape index (κ2) is 5.53. The van der Waals surface area contributed by atoms with Crippen LogP contribution >= 0.6 is 0 Å². The third-order valence-electron chi connectivity index (χ3n) is 3.00. The van der Waals surface area contributed by atoms with Crippen LogP contribution in [-0.4, -0.2) is 36.3 Å². The van der Waals surface area contributed by atoms with Crippen molar-refractivity contribution in [3.05, 3.63) is 47.9 Å². The summed E-state index contributed by atoms with van der Waals surface area (Å²) in [7, 11) is 0. The lowest BCUT2D eigenvalue weighted by molar-refractivity contribution is -0.115. The van der Waals surface area contributed by atoms with Crippen LogP contribution in [0.2, 0.25) is 0 Å². The molecule has 3 aromatic rings. The molecule has 1 amide bonds. The van der Waals surface area contributed by atoms with Crippen molar-refractivity contribution < 1.29 is 4.79 Å². The van der Waals surface area contributed by atoms with E-state index in [4.69, 9.17) is 0 Å². The van der Waals surface area contributed by atoms with Crippen molar-refractivity contribution in [1.29, 1.82) is 0 Å². The number of carbonyl (C=O) groups excluding carboxylic acids is 1.